The predicted octanol–water partition coefficient (Wildman–Crippen LogP) is 7.38. The van der Waals surface area contributed by atoms with Crippen molar-refractivity contribution in [2.75, 3.05) is 36.8 Å². The zero-order chi connectivity index (χ0) is 30.0. The maximum absolute atomic E-state index is 6.23. The highest BCUT2D eigenvalue weighted by molar-refractivity contribution is 5.67. The van der Waals surface area contributed by atoms with Gasteiger partial charge in [0.15, 0.2) is 5.82 Å². The maximum atomic E-state index is 6.23. The molecule has 0 atom stereocenters. The third-order valence-electron chi connectivity index (χ3n) is 7.74. The molecule has 44 heavy (non-hydrogen) atoms. The summed E-state index contributed by atoms with van der Waals surface area (Å²) in [6, 6.07) is 25.7. The van der Waals surface area contributed by atoms with Crippen molar-refractivity contribution in [2.45, 2.75) is 39.0 Å². The Hall–Kier alpha value is -4.89. The molecule has 0 amide bonds. The molecule has 6 rings (SSSR count). The van der Waals surface area contributed by atoms with Gasteiger partial charge in [-0.15, -0.1) is 10.2 Å². The van der Waals surface area contributed by atoms with Gasteiger partial charge in [0.2, 0.25) is 11.8 Å². The van der Waals surface area contributed by atoms with E-state index in [4.69, 9.17) is 9.72 Å². The largest absolute Gasteiger partial charge is 0.438 e. The number of anilines is 3. The van der Waals surface area contributed by atoms with E-state index >= 15 is 0 Å². The summed E-state index contributed by atoms with van der Waals surface area (Å²) in [5.41, 5.74) is 5.45. The molecule has 1 aliphatic heterocycles. The van der Waals surface area contributed by atoms with Crippen LogP contribution in [0.3, 0.4) is 0 Å². The molecule has 0 bridgehead atoms. The Morgan fingerprint density at radius 3 is 2.48 bits per heavy atom. The van der Waals surface area contributed by atoms with Crippen LogP contribution in [0.1, 0.15) is 38.2 Å². The Bertz CT molecular complexity index is 1640. The lowest BCUT2D eigenvalue weighted by Gasteiger charge is -2.26. The van der Waals surface area contributed by atoms with Gasteiger partial charge in [0.1, 0.15) is 5.75 Å². The van der Waals surface area contributed by atoms with Crippen molar-refractivity contribution in [1.29, 1.82) is 0 Å². The number of nitrogens with zero attached hydrogens (tertiary/aromatic N) is 6. The van der Waals surface area contributed by atoms with Gasteiger partial charge in [0, 0.05) is 30.2 Å². The van der Waals surface area contributed by atoms with Gasteiger partial charge in [-0.25, -0.2) is 15.0 Å². The van der Waals surface area contributed by atoms with Crippen molar-refractivity contribution in [3.05, 3.63) is 96.8 Å². The first kappa shape index (κ1) is 29.2. The zero-order valence-electron chi connectivity index (χ0n) is 25.1. The van der Waals surface area contributed by atoms with E-state index in [1.165, 1.54) is 32.4 Å². The summed E-state index contributed by atoms with van der Waals surface area (Å²) >= 11 is 0. The maximum Gasteiger partial charge on any atom is 0.228 e. The van der Waals surface area contributed by atoms with E-state index in [0.717, 1.165) is 65.5 Å². The number of piperidine rings is 1. The van der Waals surface area contributed by atoms with Gasteiger partial charge in [0.05, 0.1) is 17.0 Å². The summed E-state index contributed by atoms with van der Waals surface area (Å²) in [6.07, 6.45) is 9.37. The highest BCUT2D eigenvalue weighted by atomic mass is 16.5. The monoisotopic (exact) mass is 586 g/mol. The number of likely N-dealkylation sites (tertiary alicyclic amines) is 1. The van der Waals surface area contributed by atoms with E-state index < -0.39 is 0 Å². The SMILES string of the molecule is CCc1cc(-c2ccccc2)nnc1Nc1ccc(Oc2ncccc2-c2ccnc(NCCCN3CCCCC3)n2)cc1. The molecule has 2 aromatic carbocycles. The molecule has 1 aliphatic rings. The second kappa shape index (κ2) is 14.5. The fourth-order valence-electron chi connectivity index (χ4n) is 5.36. The number of hydrogen-bond donors (Lipinski definition) is 2. The van der Waals surface area contributed by atoms with E-state index in [9.17, 15) is 0 Å². The second-order valence-corrected chi connectivity index (χ2v) is 10.9. The second-order valence-electron chi connectivity index (χ2n) is 10.9. The number of pyridine rings is 1. The third-order valence-corrected chi connectivity index (χ3v) is 7.74. The van der Waals surface area contributed by atoms with Crippen molar-refractivity contribution >= 4 is 17.5 Å². The molecule has 0 aliphatic carbocycles. The van der Waals surface area contributed by atoms with Crippen LogP contribution in [0, 0.1) is 0 Å². The molecule has 0 spiro atoms. The van der Waals surface area contributed by atoms with Crippen LogP contribution in [0.2, 0.25) is 0 Å². The molecule has 4 heterocycles. The average molecular weight is 587 g/mol. The number of aromatic nitrogens is 5. The summed E-state index contributed by atoms with van der Waals surface area (Å²) in [5, 5.41) is 15.7. The number of nitrogens with one attached hydrogen (secondary N) is 2. The number of hydrogen-bond acceptors (Lipinski definition) is 9. The lowest BCUT2D eigenvalue weighted by atomic mass is 10.1. The van der Waals surface area contributed by atoms with Crippen LogP contribution in [-0.4, -0.2) is 56.2 Å². The van der Waals surface area contributed by atoms with E-state index in [1.54, 1.807) is 12.4 Å². The minimum atomic E-state index is 0.485. The normalized spacial score (nSPS) is 13.4. The standard InChI is InChI=1S/C35H38N8O/c1-2-26-25-32(27-11-5-3-6-12-27)41-42-33(26)39-28-14-16-29(17-15-28)44-34-30(13-9-19-36-34)31-18-21-38-35(40-31)37-20-10-24-43-22-7-4-8-23-43/h3,5-6,9,11-19,21,25H,2,4,7-8,10,20,22-24H2,1H3,(H,39,42)(H,37,38,40). The van der Waals surface area contributed by atoms with E-state index in [1.807, 2.05) is 72.8 Å². The number of benzene rings is 2. The predicted molar refractivity (Wildman–Crippen MR) is 175 cm³/mol. The Balaban J connectivity index is 1.09. The third kappa shape index (κ3) is 7.54. The first-order valence-electron chi connectivity index (χ1n) is 15.5. The molecule has 224 valence electrons. The van der Waals surface area contributed by atoms with Gasteiger partial charge in [-0.05, 0) is 99.4 Å². The summed E-state index contributed by atoms with van der Waals surface area (Å²) in [4.78, 5) is 16.2. The Morgan fingerprint density at radius 1 is 0.818 bits per heavy atom. The van der Waals surface area contributed by atoms with E-state index in [-0.39, 0.29) is 0 Å². The van der Waals surface area contributed by atoms with Crippen molar-refractivity contribution in [3.63, 3.8) is 0 Å². The van der Waals surface area contributed by atoms with Crippen LogP contribution >= 0.6 is 0 Å². The van der Waals surface area contributed by atoms with Gasteiger partial charge in [-0.2, -0.15) is 0 Å². The molecule has 1 saturated heterocycles. The quantitative estimate of drug-likeness (QED) is 0.145. The molecule has 1 fully saturated rings. The summed E-state index contributed by atoms with van der Waals surface area (Å²) in [7, 11) is 0. The van der Waals surface area contributed by atoms with Crippen LogP contribution in [0.15, 0.2) is 91.3 Å². The summed E-state index contributed by atoms with van der Waals surface area (Å²) < 4.78 is 6.23. The van der Waals surface area contributed by atoms with Crippen molar-refractivity contribution in [1.82, 2.24) is 30.0 Å². The first-order valence-corrected chi connectivity index (χ1v) is 15.5. The van der Waals surface area contributed by atoms with Gasteiger partial charge in [-0.1, -0.05) is 43.7 Å². The van der Waals surface area contributed by atoms with Crippen molar-refractivity contribution in [2.24, 2.45) is 0 Å². The molecule has 0 unspecified atom stereocenters. The number of aryl methyl sites for hydroxylation is 1. The lowest BCUT2D eigenvalue weighted by Crippen LogP contribution is -2.31. The van der Waals surface area contributed by atoms with Crippen LogP contribution < -0.4 is 15.4 Å². The zero-order valence-corrected chi connectivity index (χ0v) is 25.1. The van der Waals surface area contributed by atoms with E-state index in [2.05, 4.69) is 48.7 Å². The Kier molecular flexibility index (Phi) is 9.64. The molecule has 3 aromatic heterocycles. The highest BCUT2D eigenvalue weighted by Gasteiger charge is 2.13. The van der Waals surface area contributed by atoms with Gasteiger partial charge in [0.25, 0.3) is 0 Å². The number of rotatable bonds is 12. The van der Waals surface area contributed by atoms with Gasteiger partial charge in [-0.3, -0.25) is 0 Å². The molecule has 9 nitrogen and oxygen atoms in total. The molecule has 9 heteroatoms. The summed E-state index contributed by atoms with van der Waals surface area (Å²) in [6.45, 7) is 6.49. The van der Waals surface area contributed by atoms with Crippen LogP contribution in [0.4, 0.5) is 17.5 Å². The van der Waals surface area contributed by atoms with Crippen molar-refractivity contribution < 1.29 is 4.74 Å². The lowest BCUT2D eigenvalue weighted by molar-refractivity contribution is 0.228. The van der Waals surface area contributed by atoms with Gasteiger partial charge < -0.3 is 20.3 Å². The Morgan fingerprint density at radius 2 is 1.66 bits per heavy atom. The van der Waals surface area contributed by atoms with Gasteiger partial charge >= 0.3 is 0 Å². The van der Waals surface area contributed by atoms with Crippen LogP contribution in [0.5, 0.6) is 11.6 Å². The molecule has 0 saturated carbocycles. The van der Waals surface area contributed by atoms with E-state index in [0.29, 0.717) is 17.6 Å². The fraction of sp³-hybridized carbons (Fsp3) is 0.286. The minimum absolute atomic E-state index is 0.485. The number of ether oxygens (including phenoxy) is 1. The minimum Gasteiger partial charge on any atom is -0.438 e. The highest BCUT2D eigenvalue weighted by Crippen LogP contribution is 2.31. The fourth-order valence-corrected chi connectivity index (χ4v) is 5.36. The molecular weight excluding hydrogens is 548 g/mol. The molecule has 5 aromatic rings. The molecule has 2 N–H and O–H groups in total. The molecular formula is C35H38N8O. The average Bonchev–Trinajstić information content (AvgIpc) is 3.09. The topological polar surface area (TPSA) is 101 Å². The first-order chi connectivity index (χ1) is 21.7. The Labute approximate surface area is 258 Å². The smallest absolute Gasteiger partial charge is 0.228 e. The van der Waals surface area contributed by atoms with Crippen LogP contribution in [-0.2, 0) is 6.42 Å². The van der Waals surface area contributed by atoms with Crippen LogP contribution in [0.25, 0.3) is 22.5 Å². The van der Waals surface area contributed by atoms with Crippen molar-refractivity contribution in [3.8, 4) is 34.1 Å². The summed E-state index contributed by atoms with van der Waals surface area (Å²) in [5.74, 6) is 2.51. The molecule has 0 radical (unpaired) electrons.